The SMILES string of the molecule is O=C(NCC(O)c1ccc(F)cc1F)Nc1cn[nH]c1. The van der Waals surface area contributed by atoms with Crippen LogP contribution in [0, 0.1) is 11.6 Å². The number of aliphatic hydroxyl groups is 1. The van der Waals surface area contributed by atoms with Crippen molar-refractivity contribution in [1.82, 2.24) is 15.5 Å². The number of anilines is 1. The quantitative estimate of drug-likeness (QED) is 0.685. The van der Waals surface area contributed by atoms with Crippen LogP contribution in [-0.2, 0) is 0 Å². The first-order valence-corrected chi connectivity index (χ1v) is 5.73. The predicted octanol–water partition coefficient (Wildman–Crippen LogP) is 1.54. The molecule has 6 nitrogen and oxygen atoms in total. The van der Waals surface area contributed by atoms with Crippen molar-refractivity contribution in [2.75, 3.05) is 11.9 Å². The van der Waals surface area contributed by atoms with Gasteiger partial charge < -0.3 is 15.7 Å². The summed E-state index contributed by atoms with van der Waals surface area (Å²) in [7, 11) is 0. The van der Waals surface area contributed by atoms with Gasteiger partial charge >= 0.3 is 6.03 Å². The van der Waals surface area contributed by atoms with Gasteiger partial charge in [0.05, 0.1) is 18.0 Å². The van der Waals surface area contributed by atoms with Gasteiger partial charge in [-0.3, -0.25) is 5.10 Å². The second-order valence-corrected chi connectivity index (χ2v) is 4.00. The van der Waals surface area contributed by atoms with Crippen LogP contribution in [0.3, 0.4) is 0 Å². The van der Waals surface area contributed by atoms with E-state index in [-0.39, 0.29) is 12.1 Å². The van der Waals surface area contributed by atoms with E-state index in [1.54, 1.807) is 0 Å². The van der Waals surface area contributed by atoms with Crippen LogP contribution in [0.2, 0.25) is 0 Å². The van der Waals surface area contributed by atoms with Gasteiger partial charge in [0.25, 0.3) is 0 Å². The minimum atomic E-state index is -1.27. The topological polar surface area (TPSA) is 90.0 Å². The van der Waals surface area contributed by atoms with Crippen LogP contribution in [-0.4, -0.2) is 27.9 Å². The number of aliphatic hydroxyl groups excluding tert-OH is 1. The molecule has 1 unspecified atom stereocenters. The lowest BCUT2D eigenvalue weighted by atomic mass is 10.1. The van der Waals surface area contributed by atoms with Crippen molar-refractivity contribution in [3.63, 3.8) is 0 Å². The van der Waals surface area contributed by atoms with Gasteiger partial charge in [0.2, 0.25) is 0 Å². The third-order valence-electron chi connectivity index (χ3n) is 2.53. The number of benzene rings is 1. The van der Waals surface area contributed by atoms with Crippen molar-refractivity contribution >= 4 is 11.7 Å². The van der Waals surface area contributed by atoms with Crippen LogP contribution >= 0.6 is 0 Å². The first-order chi connectivity index (χ1) is 9.56. The standard InChI is InChI=1S/C12H12F2N4O2/c13-7-1-2-9(10(14)3-7)11(19)6-15-12(20)18-8-4-16-17-5-8/h1-5,11,19H,6H2,(H,16,17)(H2,15,18,20). The van der Waals surface area contributed by atoms with Crippen molar-refractivity contribution in [3.8, 4) is 0 Å². The molecule has 0 aliphatic heterocycles. The third kappa shape index (κ3) is 3.51. The Balaban J connectivity index is 1.88. The number of nitrogens with zero attached hydrogens (tertiary/aromatic N) is 1. The lowest BCUT2D eigenvalue weighted by Crippen LogP contribution is -2.32. The molecule has 0 aliphatic carbocycles. The van der Waals surface area contributed by atoms with Crippen LogP contribution in [0.5, 0.6) is 0 Å². The van der Waals surface area contributed by atoms with E-state index in [1.807, 2.05) is 0 Å². The highest BCUT2D eigenvalue weighted by Gasteiger charge is 2.14. The number of halogens is 2. The Morgan fingerprint density at radius 3 is 2.90 bits per heavy atom. The highest BCUT2D eigenvalue weighted by atomic mass is 19.1. The summed E-state index contributed by atoms with van der Waals surface area (Å²) in [6.45, 7) is -0.216. The molecule has 2 rings (SSSR count). The number of hydrogen-bond donors (Lipinski definition) is 4. The molecule has 106 valence electrons. The molecular weight excluding hydrogens is 270 g/mol. The maximum absolute atomic E-state index is 13.4. The average molecular weight is 282 g/mol. The van der Waals surface area contributed by atoms with E-state index in [1.165, 1.54) is 12.4 Å². The summed E-state index contributed by atoms with van der Waals surface area (Å²) >= 11 is 0. The van der Waals surface area contributed by atoms with E-state index >= 15 is 0 Å². The molecule has 0 saturated heterocycles. The van der Waals surface area contributed by atoms with Gasteiger partial charge in [0.1, 0.15) is 11.6 Å². The number of urea groups is 1. The maximum Gasteiger partial charge on any atom is 0.319 e. The number of rotatable bonds is 4. The van der Waals surface area contributed by atoms with Gasteiger partial charge in [-0.05, 0) is 6.07 Å². The van der Waals surface area contributed by atoms with E-state index in [0.29, 0.717) is 11.8 Å². The summed E-state index contributed by atoms with van der Waals surface area (Å²) in [6, 6.07) is 2.26. The normalized spacial score (nSPS) is 11.9. The van der Waals surface area contributed by atoms with Crippen LogP contribution in [0.1, 0.15) is 11.7 Å². The Hall–Kier alpha value is -2.48. The molecular formula is C12H12F2N4O2. The second kappa shape index (κ2) is 6.11. The molecule has 1 atom stereocenters. The Morgan fingerprint density at radius 2 is 2.25 bits per heavy atom. The molecule has 0 fully saturated rings. The number of hydrogen-bond acceptors (Lipinski definition) is 3. The molecule has 0 bridgehead atoms. The van der Waals surface area contributed by atoms with Crippen molar-refractivity contribution in [2.45, 2.75) is 6.10 Å². The van der Waals surface area contributed by atoms with Crippen LogP contribution < -0.4 is 10.6 Å². The number of carbonyl (C=O) groups excluding carboxylic acids is 1. The third-order valence-corrected chi connectivity index (χ3v) is 2.53. The zero-order valence-corrected chi connectivity index (χ0v) is 10.2. The fourth-order valence-electron chi connectivity index (χ4n) is 1.57. The molecule has 1 aromatic heterocycles. The van der Waals surface area contributed by atoms with E-state index in [2.05, 4.69) is 20.8 Å². The van der Waals surface area contributed by atoms with Gasteiger partial charge in [-0.25, -0.2) is 13.6 Å². The Labute approximate surface area is 112 Å². The minimum Gasteiger partial charge on any atom is -0.386 e. The molecule has 2 aromatic rings. The fourth-order valence-corrected chi connectivity index (χ4v) is 1.57. The molecule has 20 heavy (non-hydrogen) atoms. The molecule has 1 heterocycles. The molecule has 4 N–H and O–H groups in total. The molecule has 1 aromatic carbocycles. The van der Waals surface area contributed by atoms with E-state index in [9.17, 15) is 18.7 Å². The van der Waals surface area contributed by atoms with Gasteiger partial charge in [0.15, 0.2) is 0 Å². The number of nitrogens with one attached hydrogen (secondary N) is 3. The van der Waals surface area contributed by atoms with Crippen LogP contribution in [0.15, 0.2) is 30.6 Å². The average Bonchev–Trinajstić information content (AvgIpc) is 2.89. The molecule has 0 spiro atoms. The number of carbonyl (C=O) groups is 1. The molecule has 8 heteroatoms. The lowest BCUT2D eigenvalue weighted by Gasteiger charge is -2.13. The summed E-state index contributed by atoms with van der Waals surface area (Å²) in [5, 5.41) is 20.7. The molecule has 2 amide bonds. The predicted molar refractivity (Wildman–Crippen MR) is 66.9 cm³/mol. The first kappa shape index (κ1) is 13.9. The Morgan fingerprint density at radius 1 is 1.45 bits per heavy atom. The highest BCUT2D eigenvalue weighted by molar-refractivity contribution is 5.88. The molecule has 0 saturated carbocycles. The number of aromatic nitrogens is 2. The monoisotopic (exact) mass is 282 g/mol. The summed E-state index contributed by atoms with van der Waals surface area (Å²) in [5.41, 5.74) is 0.361. The smallest absolute Gasteiger partial charge is 0.319 e. The second-order valence-electron chi connectivity index (χ2n) is 4.00. The fraction of sp³-hybridized carbons (Fsp3) is 0.167. The molecule has 0 radical (unpaired) electrons. The van der Waals surface area contributed by atoms with Gasteiger partial charge in [-0.1, -0.05) is 6.07 Å². The minimum absolute atomic E-state index is 0.0880. The zero-order valence-electron chi connectivity index (χ0n) is 10.2. The number of aromatic amines is 1. The number of H-pyrrole nitrogens is 1. The Bertz CT molecular complexity index is 589. The molecule has 0 aliphatic rings. The van der Waals surface area contributed by atoms with E-state index in [0.717, 1.165) is 12.1 Å². The van der Waals surface area contributed by atoms with Crippen molar-refractivity contribution in [2.24, 2.45) is 0 Å². The summed E-state index contributed by atoms with van der Waals surface area (Å²) < 4.78 is 26.1. The first-order valence-electron chi connectivity index (χ1n) is 5.73. The van der Waals surface area contributed by atoms with Crippen molar-refractivity contribution in [1.29, 1.82) is 0 Å². The van der Waals surface area contributed by atoms with Crippen LogP contribution in [0.4, 0.5) is 19.3 Å². The van der Waals surface area contributed by atoms with Crippen molar-refractivity contribution in [3.05, 3.63) is 47.8 Å². The summed E-state index contributed by atoms with van der Waals surface area (Å²) in [4.78, 5) is 11.5. The summed E-state index contributed by atoms with van der Waals surface area (Å²) in [5.74, 6) is -1.60. The summed E-state index contributed by atoms with van der Waals surface area (Å²) in [6.07, 6.45) is 1.59. The van der Waals surface area contributed by atoms with Crippen molar-refractivity contribution < 1.29 is 18.7 Å². The largest absolute Gasteiger partial charge is 0.386 e. The maximum atomic E-state index is 13.4. The highest BCUT2D eigenvalue weighted by Crippen LogP contribution is 2.17. The van der Waals surface area contributed by atoms with Gasteiger partial charge in [-0.15, -0.1) is 0 Å². The van der Waals surface area contributed by atoms with E-state index < -0.39 is 23.8 Å². The Kier molecular flexibility index (Phi) is 4.26. The van der Waals surface area contributed by atoms with Gasteiger partial charge in [0, 0.05) is 24.4 Å². The van der Waals surface area contributed by atoms with Crippen LogP contribution in [0.25, 0.3) is 0 Å². The lowest BCUT2D eigenvalue weighted by molar-refractivity contribution is 0.170. The van der Waals surface area contributed by atoms with Gasteiger partial charge in [-0.2, -0.15) is 5.10 Å². The van der Waals surface area contributed by atoms with E-state index in [4.69, 9.17) is 0 Å². The zero-order chi connectivity index (χ0) is 14.5. The number of amides is 2.